The van der Waals surface area contributed by atoms with Crippen molar-refractivity contribution in [1.82, 2.24) is 15.2 Å². The van der Waals surface area contributed by atoms with E-state index in [2.05, 4.69) is 10.3 Å². The van der Waals surface area contributed by atoms with E-state index in [0.717, 1.165) is 18.4 Å². The maximum atomic E-state index is 13.0. The molecule has 172 valence electrons. The summed E-state index contributed by atoms with van der Waals surface area (Å²) in [7, 11) is 0. The number of aromatic nitrogens is 1. The average molecular weight is 460 g/mol. The molecule has 1 saturated heterocycles. The zero-order chi connectivity index (χ0) is 23.3. The van der Waals surface area contributed by atoms with Gasteiger partial charge >= 0.3 is 5.97 Å². The molecule has 0 radical (unpaired) electrons. The highest BCUT2D eigenvalue weighted by molar-refractivity contribution is 6.30. The highest BCUT2D eigenvalue weighted by Crippen LogP contribution is 2.25. The molecule has 2 amide bonds. The molecule has 0 atom stereocenters. The summed E-state index contributed by atoms with van der Waals surface area (Å²) in [6.07, 6.45) is 1.97. The Labute approximate surface area is 193 Å². The third-order valence-corrected chi connectivity index (χ3v) is 6.12. The normalized spacial score (nSPS) is 14.3. The Morgan fingerprint density at radius 2 is 1.94 bits per heavy atom. The van der Waals surface area contributed by atoms with Crippen LogP contribution >= 0.6 is 11.6 Å². The van der Waals surface area contributed by atoms with Crippen molar-refractivity contribution in [3.8, 4) is 0 Å². The van der Waals surface area contributed by atoms with Crippen molar-refractivity contribution in [1.29, 1.82) is 0 Å². The number of H-pyrrole nitrogens is 1. The molecule has 0 saturated carbocycles. The Morgan fingerprint density at radius 3 is 2.59 bits per heavy atom. The number of esters is 1. The van der Waals surface area contributed by atoms with Crippen molar-refractivity contribution < 1.29 is 19.1 Å². The molecule has 1 aromatic carbocycles. The van der Waals surface area contributed by atoms with Crippen LogP contribution in [-0.4, -0.2) is 47.4 Å². The molecule has 3 rings (SSSR count). The molecule has 0 spiro atoms. The third-order valence-electron chi connectivity index (χ3n) is 5.89. The molecular formula is C24H30ClN3O4. The van der Waals surface area contributed by atoms with Crippen molar-refractivity contribution in [2.45, 2.75) is 46.6 Å². The first-order valence-electron chi connectivity index (χ1n) is 11.0. The van der Waals surface area contributed by atoms with Crippen LogP contribution in [0.3, 0.4) is 0 Å². The van der Waals surface area contributed by atoms with Gasteiger partial charge in [0.2, 0.25) is 5.91 Å². The molecule has 2 N–H and O–H groups in total. The predicted octanol–water partition coefficient (Wildman–Crippen LogP) is 4.02. The fourth-order valence-corrected chi connectivity index (χ4v) is 4.37. The first-order valence-corrected chi connectivity index (χ1v) is 11.3. The first-order chi connectivity index (χ1) is 15.3. The summed E-state index contributed by atoms with van der Waals surface area (Å²) in [5.74, 6) is -0.296. The fourth-order valence-electron chi connectivity index (χ4n) is 4.15. The van der Waals surface area contributed by atoms with Gasteiger partial charge in [-0.25, -0.2) is 4.79 Å². The monoisotopic (exact) mass is 459 g/mol. The number of ether oxygens (including phenoxy) is 1. The Balaban J connectivity index is 1.51. The van der Waals surface area contributed by atoms with Crippen LogP contribution in [0, 0.1) is 19.8 Å². The van der Waals surface area contributed by atoms with E-state index in [9.17, 15) is 14.4 Å². The molecule has 0 unspecified atom stereocenters. The zero-order valence-corrected chi connectivity index (χ0v) is 19.6. The lowest BCUT2D eigenvalue weighted by molar-refractivity contribution is -0.122. The molecule has 0 bridgehead atoms. The summed E-state index contributed by atoms with van der Waals surface area (Å²) in [6, 6.07) is 7.42. The van der Waals surface area contributed by atoms with Crippen LogP contribution in [0.1, 0.15) is 63.9 Å². The molecular weight excluding hydrogens is 430 g/mol. The minimum Gasteiger partial charge on any atom is -0.462 e. The van der Waals surface area contributed by atoms with Crippen LogP contribution in [0.25, 0.3) is 0 Å². The standard InChI is InChI=1S/C24H30ClN3O4/c1-4-32-24(31)21-15(2)22(27-16(21)3)23(30)28-10-8-17(9-11-28)13-20(29)26-14-18-6-5-7-19(25)12-18/h5-7,12,17,27H,4,8-11,13-14H2,1-3H3,(H,26,29). The second-order valence-corrected chi connectivity index (χ2v) is 8.63. The SMILES string of the molecule is CCOC(=O)c1c(C)[nH]c(C(=O)N2CCC(CC(=O)NCc3cccc(Cl)c3)CC2)c1C. The predicted molar refractivity (Wildman–Crippen MR) is 123 cm³/mol. The maximum Gasteiger partial charge on any atom is 0.340 e. The molecule has 1 aliphatic rings. The smallest absolute Gasteiger partial charge is 0.340 e. The number of halogens is 1. The largest absolute Gasteiger partial charge is 0.462 e. The molecule has 8 heteroatoms. The number of likely N-dealkylation sites (tertiary alicyclic amines) is 1. The maximum absolute atomic E-state index is 13.0. The minimum absolute atomic E-state index is 0.00432. The molecule has 7 nitrogen and oxygen atoms in total. The van der Waals surface area contributed by atoms with Crippen molar-refractivity contribution in [3.63, 3.8) is 0 Å². The van der Waals surface area contributed by atoms with Gasteiger partial charge in [-0.3, -0.25) is 9.59 Å². The van der Waals surface area contributed by atoms with E-state index in [1.54, 1.807) is 31.7 Å². The van der Waals surface area contributed by atoms with E-state index in [4.69, 9.17) is 16.3 Å². The summed E-state index contributed by atoms with van der Waals surface area (Å²) in [5, 5.41) is 3.59. The van der Waals surface area contributed by atoms with Gasteiger partial charge in [0.1, 0.15) is 5.69 Å². The summed E-state index contributed by atoms with van der Waals surface area (Å²) in [4.78, 5) is 42.4. The van der Waals surface area contributed by atoms with E-state index in [0.29, 0.717) is 53.6 Å². The fraction of sp³-hybridized carbons (Fsp3) is 0.458. The van der Waals surface area contributed by atoms with E-state index in [1.807, 2.05) is 18.2 Å². The number of aromatic amines is 1. The Hall–Kier alpha value is -2.80. The van der Waals surface area contributed by atoms with E-state index >= 15 is 0 Å². The van der Waals surface area contributed by atoms with Crippen molar-refractivity contribution in [2.24, 2.45) is 5.92 Å². The Bertz CT molecular complexity index is 993. The van der Waals surface area contributed by atoms with Gasteiger partial charge in [-0.1, -0.05) is 23.7 Å². The van der Waals surface area contributed by atoms with Crippen molar-refractivity contribution in [2.75, 3.05) is 19.7 Å². The molecule has 0 aliphatic carbocycles. The van der Waals surface area contributed by atoms with Crippen molar-refractivity contribution >= 4 is 29.4 Å². The number of amides is 2. The van der Waals surface area contributed by atoms with E-state index in [-0.39, 0.29) is 24.3 Å². The number of piperidine rings is 1. The number of rotatable bonds is 7. The number of aryl methyl sites for hydroxylation is 1. The Kier molecular flexibility index (Phi) is 7.96. The second kappa shape index (κ2) is 10.7. The molecule has 2 aromatic rings. The van der Waals surface area contributed by atoms with Gasteiger partial charge in [0.25, 0.3) is 5.91 Å². The highest BCUT2D eigenvalue weighted by Gasteiger charge is 2.29. The van der Waals surface area contributed by atoms with Crippen LogP contribution in [0.4, 0.5) is 0 Å². The van der Waals surface area contributed by atoms with Gasteiger partial charge in [0, 0.05) is 36.8 Å². The van der Waals surface area contributed by atoms with Gasteiger partial charge in [0.15, 0.2) is 0 Å². The summed E-state index contributed by atoms with van der Waals surface area (Å²) in [6.45, 7) is 7.18. The quantitative estimate of drug-likeness (QED) is 0.612. The zero-order valence-electron chi connectivity index (χ0n) is 18.8. The highest BCUT2D eigenvalue weighted by atomic mass is 35.5. The molecule has 1 fully saturated rings. The third kappa shape index (κ3) is 5.71. The number of hydrogen-bond acceptors (Lipinski definition) is 4. The van der Waals surface area contributed by atoms with Gasteiger partial charge in [-0.05, 0) is 62.8 Å². The van der Waals surface area contributed by atoms with Crippen LogP contribution in [0.15, 0.2) is 24.3 Å². The van der Waals surface area contributed by atoms with Crippen LogP contribution in [0.2, 0.25) is 5.02 Å². The van der Waals surface area contributed by atoms with E-state index < -0.39 is 5.97 Å². The molecule has 32 heavy (non-hydrogen) atoms. The number of carbonyl (C=O) groups is 3. The summed E-state index contributed by atoms with van der Waals surface area (Å²) >= 11 is 5.98. The van der Waals surface area contributed by atoms with Gasteiger partial charge < -0.3 is 19.9 Å². The summed E-state index contributed by atoms with van der Waals surface area (Å²) in [5.41, 5.74) is 3.08. The molecule has 1 aliphatic heterocycles. The topological polar surface area (TPSA) is 91.5 Å². The number of hydrogen-bond donors (Lipinski definition) is 2. The lowest BCUT2D eigenvalue weighted by Gasteiger charge is -2.31. The average Bonchev–Trinajstić information content (AvgIpc) is 3.06. The number of carbonyl (C=O) groups excluding carboxylic acids is 3. The van der Waals surface area contributed by atoms with Crippen LogP contribution < -0.4 is 5.32 Å². The minimum atomic E-state index is -0.416. The van der Waals surface area contributed by atoms with Crippen LogP contribution in [0.5, 0.6) is 0 Å². The number of benzene rings is 1. The lowest BCUT2D eigenvalue weighted by Crippen LogP contribution is -2.40. The van der Waals surface area contributed by atoms with Crippen molar-refractivity contribution in [3.05, 3.63) is 57.4 Å². The summed E-state index contributed by atoms with van der Waals surface area (Å²) < 4.78 is 5.10. The first kappa shape index (κ1) is 23.9. The van der Waals surface area contributed by atoms with Gasteiger partial charge in [-0.15, -0.1) is 0 Å². The van der Waals surface area contributed by atoms with Crippen LogP contribution in [-0.2, 0) is 16.1 Å². The van der Waals surface area contributed by atoms with Gasteiger partial charge in [0.05, 0.1) is 12.2 Å². The lowest BCUT2D eigenvalue weighted by atomic mass is 9.93. The molecule has 2 heterocycles. The van der Waals surface area contributed by atoms with E-state index in [1.165, 1.54) is 0 Å². The number of nitrogens with zero attached hydrogens (tertiary/aromatic N) is 1. The Morgan fingerprint density at radius 1 is 1.22 bits per heavy atom. The molecule has 1 aromatic heterocycles. The number of nitrogens with one attached hydrogen (secondary N) is 2. The van der Waals surface area contributed by atoms with Gasteiger partial charge in [-0.2, -0.15) is 0 Å². The second-order valence-electron chi connectivity index (χ2n) is 8.19.